The third-order valence-corrected chi connectivity index (χ3v) is 15.0. The van der Waals surface area contributed by atoms with E-state index in [4.69, 9.17) is 49.3 Å². The van der Waals surface area contributed by atoms with Crippen LogP contribution in [-0.4, -0.2) is 73.4 Å². The van der Waals surface area contributed by atoms with E-state index >= 15 is 0 Å². The Morgan fingerprint density at radius 1 is 0.591 bits per heavy atom. The van der Waals surface area contributed by atoms with Gasteiger partial charge in [-0.1, -0.05) is 43.6 Å². The molecule has 2 saturated carbocycles. The van der Waals surface area contributed by atoms with E-state index in [1.807, 2.05) is 24.3 Å². The maximum Gasteiger partial charge on any atom is 0.330 e. The van der Waals surface area contributed by atoms with Crippen LogP contribution >= 0.6 is 11.3 Å². The molecular formula is C70H85N3O14S. The molecule has 2 fully saturated rings. The number of unbranched alkanes of at least 4 members (excludes halogenated alkanes) is 6. The average molecular weight is 1220 g/mol. The number of carbonyl (C=O) groups excluding carboxylic acids is 6. The lowest BCUT2D eigenvalue weighted by Crippen LogP contribution is -2.30. The maximum absolute atomic E-state index is 13.6. The molecule has 5 aromatic rings. The monoisotopic (exact) mass is 1220 g/mol. The predicted molar refractivity (Wildman–Crippen MR) is 349 cm³/mol. The van der Waals surface area contributed by atoms with Crippen molar-refractivity contribution in [2.24, 2.45) is 28.8 Å². The molecule has 7 rings (SSSR count). The number of hydrogen-bond donors (Lipinski definition) is 0. The number of esters is 6. The van der Waals surface area contributed by atoms with Crippen LogP contribution in [0.1, 0.15) is 131 Å². The van der Waals surface area contributed by atoms with E-state index in [9.17, 15) is 28.8 Å². The summed E-state index contributed by atoms with van der Waals surface area (Å²) in [4.78, 5) is 77.5. The number of hydrogen-bond acceptors (Lipinski definition) is 18. The molecule has 17 nitrogen and oxygen atoms in total. The highest BCUT2D eigenvalue weighted by Gasteiger charge is 2.33. The van der Waals surface area contributed by atoms with Crippen molar-refractivity contribution < 1.29 is 75.2 Å². The Kier molecular flexibility index (Phi) is 28.9. The molecule has 0 unspecified atom stereocenters. The lowest BCUT2D eigenvalue weighted by Gasteiger charge is -2.26. The summed E-state index contributed by atoms with van der Waals surface area (Å²) >= 11 is 1.38. The Hall–Kier alpha value is -9.62. The first-order chi connectivity index (χ1) is 42.8. The summed E-state index contributed by atoms with van der Waals surface area (Å²) in [6.07, 6.45) is 21.5. The van der Waals surface area contributed by atoms with E-state index in [1.54, 1.807) is 66.7 Å². The summed E-state index contributed by atoms with van der Waals surface area (Å²) in [7, 11) is 0. The van der Waals surface area contributed by atoms with Gasteiger partial charge in [0.25, 0.3) is 0 Å². The molecule has 2 aliphatic carbocycles. The molecule has 0 spiro atoms. The van der Waals surface area contributed by atoms with Crippen LogP contribution in [0.5, 0.6) is 34.5 Å². The average Bonchev–Trinajstić information content (AvgIpc) is 1.61. The number of nitrogens with zero attached hydrogens (tertiary/aromatic N) is 3. The number of hydrazone groups is 1. The van der Waals surface area contributed by atoms with Crippen molar-refractivity contribution in [2.45, 2.75) is 117 Å². The molecule has 1 aromatic heterocycles. The molecule has 0 atom stereocenters. The zero-order valence-electron chi connectivity index (χ0n) is 49.8. The number of ether oxygens (including phenoxy) is 8. The highest BCUT2D eigenvalue weighted by atomic mass is 32.1. The van der Waals surface area contributed by atoms with Gasteiger partial charge in [-0.2, -0.15) is 10.1 Å². The number of benzene rings is 4. The largest absolute Gasteiger partial charge is 0.494 e. The van der Waals surface area contributed by atoms with Crippen molar-refractivity contribution in [3.8, 4) is 82.5 Å². The third kappa shape index (κ3) is 24.4. The number of fused-ring (bicyclic) bond motifs is 1. The Labute approximate surface area is 528 Å². The van der Waals surface area contributed by atoms with Gasteiger partial charge < -0.3 is 37.9 Å². The van der Waals surface area contributed by atoms with E-state index in [2.05, 4.69) is 66.7 Å². The van der Waals surface area contributed by atoms with E-state index in [-0.39, 0.29) is 55.8 Å². The highest BCUT2D eigenvalue weighted by molar-refractivity contribution is 7.22. The Balaban J connectivity index is 0.00000264. The molecule has 0 saturated heterocycles. The molecule has 2 aliphatic rings. The van der Waals surface area contributed by atoms with Crippen molar-refractivity contribution in [1.29, 1.82) is 0 Å². The number of aromatic nitrogens is 1. The van der Waals surface area contributed by atoms with Gasteiger partial charge in [-0.25, -0.2) is 14.6 Å². The molecule has 0 N–H and O–H groups in total. The quantitative estimate of drug-likeness (QED) is 0.00667. The predicted octanol–water partition coefficient (Wildman–Crippen LogP) is 14.2. The summed E-state index contributed by atoms with van der Waals surface area (Å²) in [5, 5.41) is 6.48. The third-order valence-electron chi connectivity index (χ3n) is 14.0. The van der Waals surface area contributed by atoms with Crippen LogP contribution in [0.4, 0.5) is 5.13 Å². The molecule has 0 radical (unpaired) electrons. The van der Waals surface area contributed by atoms with Crippen LogP contribution in [0, 0.1) is 71.7 Å². The Morgan fingerprint density at radius 3 is 1.59 bits per heavy atom. The molecule has 88 heavy (non-hydrogen) atoms. The van der Waals surface area contributed by atoms with Crippen molar-refractivity contribution in [3.05, 3.63) is 122 Å². The molecule has 18 heteroatoms. The number of carbonyl (C=O) groups is 6. The summed E-state index contributed by atoms with van der Waals surface area (Å²) in [5.74, 6) is 15.2. The lowest BCUT2D eigenvalue weighted by molar-refractivity contribution is -0.145. The van der Waals surface area contributed by atoms with Gasteiger partial charge in [0.05, 0.1) is 66.7 Å². The topological polar surface area (TPSA) is 205 Å². The summed E-state index contributed by atoms with van der Waals surface area (Å²) in [6, 6.07) is 29.2. The van der Waals surface area contributed by atoms with Crippen LogP contribution in [0.3, 0.4) is 0 Å². The molecule has 4 aromatic carbocycles. The van der Waals surface area contributed by atoms with Crippen molar-refractivity contribution in [2.75, 3.05) is 31.4 Å². The summed E-state index contributed by atoms with van der Waals surface area (Å²) < 4.78 is 44.7. The molecule has 0 amide bonds. The van der Waals surface area contributed by atoms with Crippen LogP contribution in [0.15, 0.2) is 121 Å². The van der Waals surface area contributed by atoms with Gasteiger partial charge in [0.1, 0.15) is 34.5 Å². The summed E-state index contributed by atoms with van der Waals surface area (Å²) in [6.45, 7) is 12.2. The fraction of sp³-hybridized carbons (Fsp3) is 0.371. The van der Waals surface area contributed by atoms with E-state index in [0.717, 1.165) is 99.1 Å². The first-order valence-electron chi connectivity index (χ1n) is 29.5. The second kappa shape index (κ2) is 37.7. The fourth-order valence-corrected chi connectivity index (χ4v) is 10.1. The minimum Gasteiger partial charge on any atom is -0.494 e. The highest BCUT2D eigenvalue weighted by Crippen LogP contribution is 2.35. The van der Waals surface area contributed by atoms with E-state index in [1.165, 1.54) is 35.6 Å². The van der Waals surface area contributed by atoms with Crippen molar-refractivity contribution >= 4 is 68.7 Å². The van der Waals surface area contributed by atoms with Crippen LogP contribution < -0.4 is 33.4 Å². The van der Waals surface area contributed by atoms with Gasteiger partial charge in [0, 0.05) is 51.0 Å². The number of thiazole rings is 1. The van der Waals surface area contributed by atoms with Gasteiger partial charge in [-0.3, -0.25) is 19.2 Å². The van der Waals surface area contributed by atoms with Crippen molar-refractivity contribution in [3.63, 3.8) is 0 Å². The Morgan fingerprint density at radius 2 is 1.06 bits per heavy atom. The van der Waals surface area contributed by atoms with E-state index < -0.39 is 17.9 Å². The van der Waals surface area contributed by atoms with Crippen LogP contribution in [0.2, 0.25) is 0 Å². The maximum atomic E-state index is 13.6. The number of terminal acetylenes is 1. The minimum atomic E-state index is -0.431. The standard InChI is InChI=1S/C53H51N3O9S.C17H22O5.6H2/c1-4-6-7-8-9-14-33-56(53-55-46-17-12-13-18-48(46)66-53)54-37-42-36-45(31-32-47(42)65-52(60)39-21-19-38(3)20-22-39)64-51(59)41-25-23-40(24-26-41)50(58)63-44-29-27-43(28-30-44)61-34-15-10-11-16-35-62-49(57)5-2;1-3-17(19)21-13-7-5-4-6-12-20-15-8-10-16(11-9-15)22-14(2)18;;;;;;/h1,5,12-13,17-18,27-32,36-41H,2,10-11,15-16,19-26,34-35H2,3H3;3,8-11H,1,4-7,12-13H2,2H3;6*1H/b54-37+;;;;;;;. The molecule has 470 valence electrons. The molecule has 0 aliphatic heterocycles. The minimum absolute atomic E-state index is 0. The van der Waals surface area contributed by atoms with Crippen molar-refractivity contribution in [1.82, 2.24) is 4.98 Å². The fourth-order valence-electron chi connectivity index (χ4n) is 9.18. The van der Waals surface area contributed by atoms with Crippen LogP contribution in [0.25, 0.3) is 10.2 Å². The number of para-hydroxylation sites is 1. The van der Waals surface area contributed by atoms with Gasteiger partial charge in [0.2, 0.25) is 5.13 Å². The zero-order chi connectivity index (χ0) is 62.7. The zero-order valence-corrected chi connectivity index (χ0v) is 50.6. The van der Waals surface area contributed by atoms with Gasteiger partial charge in [-0.05, 0) is 205 Å². The van der Waals surface area contributed by atoms with Gasteiger partial charge >= 0.3 is 35.8 Å². The van der Waals surface area contributed by atoms with Gasteiger partial charge in [-0.15, -0.1) is 6.42 Å². The summed E-state index contributed by atoms with van der Waals surface area (Å²) in [5.41, 5.74) is 1.14. The normalized spacial score (nSPS) is 15.6. The second-order valence-electron chi connectivity index (χ2n) is 20.7. The van der Waals surface area contributed by atoms with Gasteiger partial charge in [0.15, 0.2) is 0 Å². The number of rotatable bonds is 28. The molecule has 0 bridgehead atoms. The van der Waals surface area contributed by atoms with Crippen LogP contribution in [-0.2, 0) is 38.2 Å². The number of anilines is 1. The smallest absolute Gasteiger partial charge is 0.330 e. The second-order valence-corrected chi connectivity index (χ2v) is 21.7. The lowest BCUT2D eigenvalue weighted by atomic mass is 9.82. The molecule has 1 heterocycles. The SMILES string of the molecule is C#CC#CC#CC#CN(/N=C/c1cc(OC(=O)C2CCC(C(=O)Oc3ccc(OCCCCCCOC(=O)C=C)cc3)CC2)ccc1OC(=O)C1CCC(C)CC1)c1nc2ccccc2s1.C=CC(=O)OCCCCCCOc1ccc(OC(C)=O)cc1.[HH].[HH].[HH].[HH].[HH].[HH]. The molecular weight excluding hydrogens is 1140 g/mol. The first-order valence-corrected chi connectivity index (χ1v) is 30.3. The Bertz CT molecular complexity index is 3420. The first kappa shape index (κ1) is 67.5. The van der Waals surface area contributed by atoms with E-state index in [0.29, 0.717) is 86.0 Å².